The topological polar surface area (TPSA) is 67.5 Å². The van der Waals surface area contributed by atoms with E-state index in [4.69, 9.17) is 4.42 Å². The van der Waals surface area contributed by atoms with Gasteiger partial charge in [0.1, 0.15) is 0 Å². The molecule has 2 rings (SSSR count). The maximum Gasteiger partial charge on any atom is 0.419 e. The molecule has 1 aromatic heterocycles. The number of carbonyl (C=O) groups is 1. The number of fused-ring (bicyclic) bond motifs is 1. The van der Waals surface area contributed by atoms with Gasteiger partial charge >= 0.3 is 5.76 Å². The molecule has 0 aliphatic heterocycles. The number of amides is 1. The summed E-state index contributed by atoms with van der Waals surface area (Å²) >= 11 is 0. The lowest BCUT2D eigenvalue weighted by Gasteiger charge is -2.09. The number of oxazole rings is 1. The predicted octanol–water partition coefficient (Wildman–Crippen LogP) is 0.813. The van der Waals surface area contributed by atoms with Crippen LogP contribution in [-0.4, -0.2) is 42.6 Å². The molecule has 20 heavy (non-hydrogen) atoms. The first kappa shape index (κ1) is 14.3. The Morgan fingerprint density at radius 3 is 2.85 bits per heavy atom. The third kappa shape index (κ3) is 3.08. The minimum atomic E-state index is -0.427. The van der Waals surface area contributed by atoms with Gasteiger partial charge in [-0.1, -0.05) is 0 Å². The van der Waals surface area contributed by atoms with Crippen LogP contribution in [0.4, 0.5) is 0 Å². The Balaban J connectivity index is 2.05. The van der Waals surface area contributed by atoms with Crippen LogP contribution in [0, 0.1) is 0 Å². The van der Waals surface area contributed by atoms with E-state index in [9.17, 15) is 9.59 Å². The van der Waals surface area contributed by atoms with E-state index in [1.807, 2.05) is 14.1 Å². The van der Waals surface area contributed by atoms with Crippen molar-refractivity contribution in [3.63, 3.8) is 0 Å². The van der Waals surface area contributed by atoms with Gasteiger partial charge in [-0.05, 0) is 45.3 Å². The lowest BCUT2D eigenvalue weighted by molar-refractivity contribution is 0.0952. The zero-order chi connectivity index (χ0) is 14.7. The fraction of sp³-hybridized carbons (Fsp3) is 0.429. The van der Waals surface area contributed by atoms with Crippen molar-refractivity contribution >= 4 is 17.0 Å². The van der Waals surface area contributed by atoms with E-state index in [1.165, 1.54) is 4.57 Å². The Morgan fingerprint density at radius 1 is 1.40 bits per heavy atom. The SMILES string of the molecule is CN(C)CCCNC(=O)c1ccc2c(c1)oc(=O)n2C. The number of hydrogen-bond donors (Lipinski definition) is 1. The van der Waals surface area contributed by atoms with Crippen LogP contribution in [0.1, 0.15) is 16.8 Å². The molecule has 1 heterocycles. The van der Waals surface area contributed by atoms with Gasteiger partial charge in [-0.15, -0.1) is 0 Å². The van der Waals surface area contributed by atoms with Crippen molar-refractivity contribution in [3.8, 4) is 0 Å². The average molecular weight is 277 g/mol. The van der Waals surface area contributed by atoms with Crippen LogP contribution in [0.15, 0.2) is 27.4 Å². The molecule has 0 spiro atoms. The van der Waals surface area contributed by atoms with Gasteiger partial charge in [0.25, 0.3) is 5.91 Å². The van der Waals surface area contributed by atoms with Crippen molar-refractivity contribution in [2.24, 2.45) is 7.05 Å². The van der Waals surface area contributed by atoms with E-state index < -0.39 is 5.76 Å². The average Bonchev–Trinajstić information content (AvgIpc) is 2.69. The first-order valence-electron chi connectivity index (χ1n) is 6.51. The molecule has 6 nitrogen and oxygen atoms in total. The van der Waals surface area contributed by atoms with Crippen molar-refractivity contribution in [2.75, 3.05) is 27.2 Å². The summed E-state index contributed by atoms with van der Waals surface area (Å²) in [5, 5.41) is 2.85. The van der Waals surface area contributed by atoms with Crippen molar-refractivity contribution in [3.05, 3.63) is 34.3 Å². The Labute approximate surface area is 117 Å². The highest BCUT2D eigenvalue weighted by Crippen LogP contribution is 2.14. The first-order valence-corrected chi connectivity index (χ1v) is 6.51. The van der Waals surface area contributed by atoms with Crippen molar-refractivity contribution in [1.82, 2.24) is 14.8 Å². The molecule has 1 N–H and O–H groups in total. The van der Waals surface area contributed by atoms with Crippen LogP contribution >= 0.6 is 0 Å². The second-order valence-corrected chi connectivity index (χ2v) is 5.02. The van der Waals surface area contributed by atoms with Crippen LogP contribution in [0.2, 0.25) is 0 Å². The van der Waals surface area contributed by atoms with Crippen LogP contribution in [0.3, 0.4) is 0 Å². The molecule has 0 saturated carbocycles. The van der Waals surface area contributed by atoms with Gasteiger partial charge in [0, 0.05) is 19.2 Å². The molecule has 0 fully saturated rings. The second-order valence-electron chi connectivity index (χ2n) is 5.02. The Morgan fingerprint density at radius 2 is 2.15 bits per heavy atom. The molecule has 0 bridgehead atoms. The van der Waals surface area contributed by atoms with E-state index in [0.717, 1.165) is 13.0 Å². The molecule has 6 heteroatoms. The fourth-order valence-electron chi connectivity index (χ4n) is 1.97. The van der Waals surface area contributed by atoms with E-state index in [1.54, 1.807) is 25.2 Å². The summed E-state index contributed by atoms with van der Waals surface area (Å²) in [5.41, 5.74) is 1.61. The molecule has 0 aliphatic rings. The lowest BCUT2D eigenvalue weighted by Crippen LogP contribution is -2.27. The van der Waals surface area contributed by atoms with Crippen LogP contribution < -0.4 is 11.1 Å². The number of aromatic nitrogens is 1. The summed E-state index contributed by atoms with van der Waals surface area (Å²) in [4.78, 5) is 25.4. The summed E-state index contributed by atoms with van der Waals surface area (Å²) in [6.07, 6.45) is 0.890. The van der Waals surface area contributed by atoms with Gasteiger partial charge in [0.15, 0.2) is 5.58 Å². The summed E-state index contributed by atoms with van der Waals surface area (Å²) < 4.78 is 6.48. The number of rotatable bonds is 5. The summed E-state index contributed by atoms with van der Waals surface area (Å²) in [5.74, 6) is -0.583. The summed E-state index contributed by atoms with van der Waals surface area (Å²) in [7, 11) is 5.62. The minimum absolute atomic E-state index is 0.155. The van der Waals surface area contributed by atoms with Crippen LogP contribution in [0.25, 0.3) is 11.1 Å². The van der Waals surface area contributed by atoms with E-state index >= 15 is 0 Å². The number of benzene rings is 1. The molecular formula is C14H19N3O3. The van der Waals surface area contributed by atoms with E-state index in [-0.39, 0.29) is 5.91 Å². The zero-order valence-corrected chi connectivity index (χ0v) is 12.0. The van der Waals surface area contributed by atoms with Crippen LogP contribution in [-0.2, 0) is 7.05 Å². The standard InChI is InChI=1S/C14H19N3O3/c1-16(2)8-4-7-15-13(18)10-5-6-11-12(9-10)20-14(19)17(11)3/h5-6,9H,4,7-8H2,1-3H3,(H,15,18). The van der Waals surface area contributed by atoms with Gasteiger partial charge in [0.05, 0.1) is 5.52 Å². The maximum atomic E-state index is 12.0. The molecule has 0 aliphatic carbocycles. The van der Waals surface area contributed by atoms with Gasteiger partial charge in [-0.3, -0.25) is 9.36 Å². The maximum absolute atomic E-state index is 12.0. The highest BCUT2D eigenvalue weighted by Gasteiger charge is 2.10. The predicted molar refractivity (Wildman–Crippen MR) is 77.0 cm³/mol. The minimum Gasteiger partial charge on any atom is -0.408 e. The van der Waals surface area contributed by atoms with Gasteiger partial charge in [-0.25, -0.2) is 4.79 Å². The van der Waals surface area contributed by atoms with E-state index in [0.29, 0.717) is 23.2 Å². The monoisotopic (exact) mass is 277 g/mol. The van der Waals surface area contributed by atoms with Crippen molar-refractivity contribution in [2.45, 2.75) is 6.42 Å². The molecule has 2 aromatic rings. The third-order valence-corrected chi connectivity index (χ3v) is 3.12. The number of nitrogens with one attached hydrogen (secondary N) is 1. The highest BCUT2D eigenvalue weighted by atomic mass is 16.4. The Bertz CT molecular complexity index is 670. The number of aryl methyl sites for hydroxylation is 1. The van der Waals surface area contributed by atoms with Gasteiger partial charge < -0.3 is 14.6 Å². The largest absolute Gasteiger partial charge is 0.419 e. The smallest absolute Gasteiger partial charge is 0.408 e. The fourth-order valence-corrected chi connectivity index (χ4v) is 1.97. The number of carbonyl (C=O) groups excluding carboxylic acids is 1. The van der Waals surface area contributed by atoms with Crippen LogP contribution in [0.5, 0.6) is 0 Å². The third-order valence-electron chi connectivity index (χ3n) is 3.12. The van der Waals surface area contributed by atoms with Crippen molar-refractivity contribution < 1.29 is 9.21 Å². The lowest BCUT2D eigenvalue weighted by atomic mass is 10.2. The number of nitrogens with zero attached hydrogens (tertiary/aromatic N) is 2. The second kappa shape index (κ2) is 5.92. The normalized spacial score (nSPS) is 11.2. The number of hydrogen-bond acceptors (Lipinski definition) is 4. The van der Waals surface area contributed by atoms with Gasteiger partial charge in [-0.2, -0.15) is 0 Å². The molecule has 0 radical (unpaired) electrons. The molecule has 0 atom stereocenters. The quantitative estimate of drug-likeness (QED) is 0.821. The molecule has 0 unspecified atom stereocenters. The van der Waals surface area contributed by atoms with E-state index in [2.05, 4.69) is 10.2 Å². The summed E-state index contributed by atoms with van der Waals surface area (Å²) in [6.45, 7) is 1.54. The molecule has 0 saturated heterocycles. The molecular weight excluding hydrogens is 258 g/mol. The molecule has 1 aromatic carbocycles. The van der Waals surface area contributed by atoms with Crippen molar-refractivity contribution in [1.29, 1.82) is 0 Å². The molecule has 1 amide bonds. The summed E-state index contributed by atoms with van der Waals surface area (Å²) in [6, 6.07) is 5.01. The first-order chi connectivity index (χ1) is 9.49. The molecule has 108 valence electrons. The highest BCUT2D eigenvalue weighted by molar-refractivity contribution is 5.97. The van der Waals surface area contributed by atoms with Gasteiger partial charge in [0.2, 0.25) is 0 Å². The zero-order valence-electron chi connectivity index (χ0n) is 12.0. The Kier molecular flexibility index (Phi) is 4.24. The Hall–Kier alpha value is -2.08.